The Balaban J connectivity index is 1.25. The third kappa shape index (κ3) is 4.24. The Hall–Kier alpha value is -2.87. The number of benzene rings is 2. The fourth-order valence-electron chi connectivity index (χ4n) is 3.97. The summed E-state index contributed by atoms with van der Waals surface area (Å²) < 4.78 is 14.0. The number of fused-ring (bicyclic) bond motifs is 1. The van der Waals surface area contributed by atoms with Gasteiger partial charge in [-0.15, -0.1) is 11.3 Å². The molecular formula is C24H20ClFN4OS. The number of nitrogens with zero attached hydrogens (tertiary/aromatic N) is 4. The van der Waals surface area contributed by atoms with Crippen LogP contribution in [0.2, 0.25) is 5.02 Å². The van der Waals surface area contributed by atoms with Crippen LogP contribution < -0.4 is 0 Å². The van der Waals surface area contributed by atoms with E-state index >= 15 is 0 Å². The van der Waals surface area contributed by atoms with Crippen molar-refractivity contribution in [1.29, 1.82) is 0 Å². The highest BCUT2D eigenvalue weighted by atomic mass is 35.5. The Morgan fingerprint density at radius 2 is 1.81 bits per heavy atom. The van der Waals surface area contributed by atoms with Crippen LogP contribution in [0.25, 0.3) is 21.5 Å². The molecule has 162 valence electrons. The summed E-state index contributed by atoms with van der Waals surface area (Å²) in [6, 6.07) is 14.7. The van der Waals surface area contributed by atoms with E-state index in [1.807, 2.05) is 24.3 Å². The minimum absolute atomic E-state index is 0.202. The highest BCUT2D eigenvalue weighted by molar-refractivity contribution is 7.15. The molecule has 0 atom stereocenters. The summed E-state index contributed by atoms with van der Waals surface area (Å²) >= 11 is 8.07. The van der Waals surface area contributed by atoms with Crippen molar-refractivity contribution in [2.24, 2.45) is 0 Å². The zero-order valence-electron chi connectivity index (χ0n) is 17.2. The first-order valence-corrected chi connectivity index (χ1v) is 11.5. The second-order valence-corrected chi connectivity index (χ2v) is 9.27. The van der Waals surface area contributed by atoms with Gasteiger partial charge in [0.2, 0.25) is 0 Å². The monoisotopic (exact) mass is 466 g/mol. The van der Waals surface area contributed by atoms with Crippen LogP contribution in [0.4, 0.5) is 4.39 Å². The van der Waals surface area contributed by atoms with Gasteiger partial charge in [0.1, 0.15) is 11.3 Å². The lowest BCUT2D eigenvalue weighted by molar-refractivity contribution is 0.0631. The standard InChI is InChI=1S/C24H20ClFN4OS/c25-20-4-2-1-3-18(20)22-6-5-17(32-22)15-29-9-11-30(12-10-29)24(31)19-13-16(26)14-21-23(19)28-8-7-27-21/h1-8,13-14H,9-12,15H2. The second-order valence-electron chi connectivity index (χ2n) is 7.69. The van der Waals surface area contributed by atoms with E-state index in [0.717, 1.165) is 35.1 Å². The molecule has 0 spiro atoms. The number of thiophene rings is 1. The van der Waals surface area contributed by atoms with E-state index in [1.165, 1.54) is 29.4 Å². The number of carbonyl (C=O) groups is 1. The molecule has 5 rings (SSSR count). The first-order chi connectivity index (χ1) is 15.6. The van der Waals surface area contributed by atoms with Crippen LogP contribution in [-0.4, -0.2) is 51.9 Å². The van der Waals surface area contributed by atoms with Crippen LogP contribution in [0.1, 0.15) is 15.2 Å². The highest BCUT2D eigenvalue weighted by Crippen LogP contribution is 2.33. The Morgan fingerprint density at radius 1 is 1.03 bits per heavy atom. The number of piperazine rings is 1. The largest absolute Gasteiger partial charge is 0.336 e. The third-order valence-electron chi connectivity index (χ3n) is 5.61. The summed E-state index contributed by atoms with van der Waals surface area (Å²) in [5.74, 6) is -0.682. The van der Waals surface area contributed by atoms with Gasteiger partial charge in [0.15, 0.2) is 0 Å². The summed E-state index contributed by atoms with van der Waals surface area (Å²) in [6.07, 6.45) is 3.02. The summed E-state index contributed by atoms with van der Waals surface area (Å²) in [6.45, 7) is 3.50. The van der Waals surface area contributed by atoms with Gasteiger partial charge in [-0.2, -0.15) is 0 Å². The molecule has 0 unspecified atom stereocenters. The molecule has 1 amide bonds. The Kier molecular flexibility index (Phi) is 5.87. The zero-order valence-corrected chi connectivity index (χ0v) is 18.7. The van der Waals surface area contributed by atoms with Crippen molar-refractivity contribution >= 4 is 39.9 Å². The molecule has 0 saturated carbocycles. The average molecular weight is 467 g/mol. The molecular weight excluding hydrogens is 447 g/mol. The van der Waals surface area contributed by atoms with Crippen LogP contribution in [0.15, 0.2) is 60.9 Å². The fourth-order valence-corrected chi connectivity index (χ4v) is 5.36. The first-order valence-electron chi connectivity index (χ1n) is 10.3. The van der Waals surface area contributed by atoms with Gasteiger partial charge in [-0.05, 0) is 24.3 Å². The van der Waals surface area contributed by atoms with E-state index in [9.17, 15) is 9.18 Å². The fraction of sp³-hybridized carbons (Fsp3) is 0.208. The number of rotatable bonds is 4. The normalized spacial score (nSPS) is 14.8. The maximum atomic E-state index is 14.0. The van der Waals surface area contributed by atoms with Crippen molar-refractivity contribution in [3.63, 3.8) is 0 Å². The summed E-state index contributed by atoms with van der Waals surface area (Å²) in [4.78, 5) is 28.0. The molecule has 32 heavy (non-hydrogen) atoms. The SMILES string of the molecule is O=C(c1cc(F)cc2nccnc12)N1CCN(Cc2ccc(-c3ccccc3Cl)s2)CC1. The van der Waals surface area contributed by atoms with Gasteiger partial charge in [-0.25, -0.2) is 4.39 Å². The summed E-state index contributed by atoms with van der Waals surface area (Å²) in [5.41, 5.74) is 2.14. The van der Waals surface area contributed by atoms with Crippen molar-refractivity contribution in [1.82, 2.24) is 19.8 Å². The molecule has 2 aromatic carbocycles. The number of hydrogen-bond acceptors (Lipinski definition) is 5. The van der Waals surface area contributed by atoms with Crippen LogP contribution >= 0.6 is 22.9 Å². The molecule has 1 fully saturated rings. The molecule has 2 aromatic heterocycles. The molecule has 8 heteroatoms. The highest BCUT2D eigenvalue weighted by Gasteiger charge is 2.25. The molecule has 0 aliphatic carbocycles. The zero-order chi connectivity index (χ0) is 22.1. The lowest BCUT2D eigenvalue weighted by Crippen LogP contribution is -2.48. The quantitative estimate of drug-likeness (QED) is 0.419. The van der Waals surface area contributed by atoms with Crippen LogP contribution in [0, 0.1) is 5.82 Å². The molecule has 1 saturated heterocycles. The average Bonchev–Trinajstić information content (AvgIpc) is 3.27. The summed E-state index contributed by atoms with van der Waals surface area (Å²) in [5, 5.41) is 0.752. The van der Waals surface area contributed by atoms with Gasteiger partial charge in [-0.3, -0.25) is 19.7 Å². The lowest BCUT2D eigenvalue weighted by Gasteiger charge is -2.34. The van der Waals surface area contributed by atoms with Gasteiger partial charge in [0.05, 0.1) is 11.1 Å². The van der Waals surface area contributed by atoms with Gasteiger partial charge in [-0.1, -0.05) is 29.8 Å². The van der Waals surface area contributed by atoms with E-state index in [0.29, 0.717) is 24.1 Å². The molecule has 5 nitrogen and oxygen atoms in total. The van der Waals surface area contributed by atoms with Gasteiger partial charge >= 0.3 is 0 Å². The third-order valence-corrected chi connectivity index (χ3v) is 7.04. The van der Waals surface area contributed by atoms with E-state index in [1.54, 1.807) is 16.2 Å². The van der Waals surface area contributed by atoms with Crippen molar-refractivity contribution in [3.8, 4) is 10.4 Å². The number of halogens is 2. The van der Waals surface area contributed by atoms with Crippen molar-refractivity contribution in [2.45, 2.75) is 6.54 Å². The second kappa shape index (κ2) is 8.94. The predicted molar refractivity (Wildman–Crippen MR) is 125 cm³/mol. The van der Waals surface area contributed by atoms with E-state index < -0.39 is 5.82 Å². The minimum Gasteiger partial charge on any atom is -0.336 e. The number of hydrogen-bond donors (Lipinski definition) is 0. The smallest absolute Gasteiger partial charge is 0.256 e. The molecule has 0 radical (unpaired) electrons. The number of aromatic nitrogens is 2. The predicted octanol–water partition coefficient (Wildman–Crippen LogP) is 5.11. The number of amides is 1. The Bertz CT molecular complexity index is 1290. The first kappa shape index (κ1) is 21.0. The topological polar surface area (TPSA) is 49.3 Å². The molecule has 0 N–H and O–H groups in total. The van der Waals surface area contributed by atoms with E-state index in [2.05, 4.69) is 27.0 Å². The van der Waals surface area contributed by atoms with Gasteiger partial charge in [0, 0.05) is 71.5 Å². The van der Waals surface area contributed by atoms with E-state index in [-0.39, 0.29) is 11.5 Å². The Morgan fingerprint density at radius 3 is 2.62 bits per heavy atom. The molecule has 3 heterocycles. The molecule has 0 bridgehead atoms. The lowest BCUT2D eigenvalue weighted by atomic mass is 10.1. The molecule has 1 aliphatic heterocycles. The van der Waals surface area contributed by atoms with Crippen molar-refractivity contribution in [2.75, 3.05) is 26.2 Å². The number of carbonyl (C=O) groups excluding carboxylic acids is 1. The minimum atomic E-state index is -0.480. The summed E-state index contributed by atoms with van der Waals surface area (Å²) in [7, 11) is 0. The van der Waals surface area contributed by atoms with Crippen LogP contribution in [-0.2, 0) is 6.54 Å². The van der Waals surface area contributed by atoms with Crippen LogP contribution in [0.3, 0.4) is 0 Å². The molecule has 1 aliphatic rings. The molecule has 4 aromatic rings. The van der Waals surface area contributed by atoms with Crippen molar-refractivity contribution in [3.05, 3.63) is 82.2 Å². The maximum absolute atomic E-state index is 14.0. The maximum Gasteiger partial charge on any atom is 0.256 e. The Labute approximate surface area is 194 Å². The van der Waals surface area contributed by atoms with E-state index in [4.69, 9.17) is 11.6 Å². The van der Waals surface area contributed by atoms with Crippen molar-refractivity contribution < 1.29 is 9.18 Å². The van der Waals surface area contributed by atoms with Crippen LogP contribution in [0.5, 0.6) is 0 Å². The van der Waals surface area contributed by atoms with Gasteiger partial charge in [0.25, 0.3) is 5.91 Å². The van der Waals surface area contributed by atoms with Gasteiger partial charge < -0.3 is 4.90 Å².